The van der Waals surface area contributed by atoms with Crippen LogP contribution in [0.2, 0.25) is 0 Å². The first kappa shape index (κ1) is 14.8. The van der Waals surface area contributed by atoms with E-state index in [0.29, 0.717) is 6.04 Å². The Morgan fingerprint density at radius 2 is 1.50 bits per heavy atom. The van der Waals surface area contributed by atoms with Crippen LogP contribution in [0.4, 0.5) is 0 Å². The van der Waals surface area contributed by atoms with Crippen molar-refractivity contribution in [1.82, 2.24) is 5.32 Å². The average Bonchev–Trinajstić information content (AvgIpc) is 2.44. The molecule has 0 aliphatic heterocycles. The predicted octanol–water partition coefficient (Wildman–Crippen LogP) is 4.07. The number of hydrogen-bond donors (Lipinski definition) is 1. The molecule has 0 aliphatic rings. The van der Waals surface area contributed by atoms with Crippen LogP contribution in [0.1, 0.15) is 29.2 Å². The summed E-state index contributed by atoms with van der Waals surface area (Å²) in [5, 5.41) is 3.63. The maximum Gasteiger partial charge on any atom is 0.0148 e. The fraction of sp³-hybridized carbons (Fsp3) is 0.368. The van der Waals surface area contributed by atoms with Crippen molar-refractivity contribution in [3.8, 4) is 0 Å². The summed E-state index contributed by atoms with van der Waals surface area (Å²) in [6.45, 7) is 7.63. The van der Waals surface area contributed by atoms with Gasteiger partial charge in [0.15, 0.2) is 0 Å². The molecule has 0 spiro atoms. The van der Waals surface area contributed by atoms with Gasteiger partial charge in [0.05, 0.1) is 0 Å². The molecule has 2 aromatic rings. The van der Waals surface area contributed by atoms with Crippen LogP contribution in [-0.4, -0.2) is 12.6 Å². The summed E-state index contributed by atoms with van der Waals surface area (Å²) in [5.41, 5.74) is 5.71. The lowest BCUT2D eigenvalue weighted by Crippen LogP contribution is -2.33. The molecule has 1 atom stereocenters. The van der Waals surface area contributed by atoms with Crippen molar-refractivity contribution in [2.45, 2.75) is 39.7 Å². The monoisotopic (exact) mass is 267 g/mol. The highest BCUT2D eigenvalue weighted by Crippen LogP contribution is 2.17. The second-order valence-electron chi connectivity index (χ2n) is 5.52. The first-order valence-electron chi connectivity index (χ1n) is 7.53. The number of aryl methyl sites for hydroxylation is 2. The van der Waals surface area contributed by atoms with Gasteiger partial charge < -0.3 is 5.32 Å². The SMILES string of the molecule is CCNC(Cc1ccccc1)Cc1c(C)cccc1C. The van der Waals surface area contributed by atoms with Crippen LogP contribution < -0.4 is 5.32 Å². The van der Waals surface area contributed by atoms with Crippen molar-refractivity contribution >= 4 is 0 Å². The summed E-state index contributed by atoms with van der Waals surface area (Å²) in [7, 11) is 0. The van der Waals surface area contributed by atoms with Crippen LogP contribution in [-0.2, 0) is 12.8 Å². The minimum absolute atomic E-state index is 0.502. The van der Waals surface area contributed by atoms with Crippen molar-refractivity contribution in [1.29, 1.82) is 0 Å². The Bertz CT molecular complexity index is 510. The van der Waals surface area contributed by atoms with Gasteiger partial charge in [-0.3, -0.25) is 0 Å². The largest absolute Gasteiger partial charge is 0.314 e. The number of benzene rings is 2. The van der Waals surface area contributed by atoms with Crippen LogP contribution in [0, 0.1) is 13.8 Å². The van der Waals surface area contributed by atoms with Gasteiger partial charge >= 0.3 is 0 Å². The topological polar surface area (TPSA) is 12.0 Å². The Kier molecular flexibility index (Phi) is 5.37. The highest BCUT2D eigenvalue weighted by atomic mass is 14.9. The molecule has 20 heavy (non-hydrogen) atoms. The maximum atomic E-state index is 3.63. The Hall–Kier alpha value is -1.60. The third kappa shape index (κ3) is 3.94. The van der Waals surface area contributed by atoms with Crippen LogP contribution in [0.15, 0.2) is 48.5 Å². The first-order valence-corrected chi connectivity index (χ1v) is 7.53. The van der Waals surface area contributed by atoms with Crippen LogP contribution >= 0.6 is 0 Å². The number of rotatable bonds is 6. The summed E-state index contributed by atoms with van der Waals surface area (Å²) in [6, 6.07) is 17.8. The highest BCUT2D eigenvalue weighted by molar-refractivity contribution is 5.34. The van der Waals surface area contributed by atoms with E-state index in [9.17, 15) is 0 Å². The zero-order chi connectivity index (χ0) is 14.4. The van der Waals surface area contributed by atoms with Gasteiger partial charge in [0, 0.05) is 6.04 Å². The maximum absolute atomic E-state index is 3.63. The van der Waals surface area contributed by atoms with Crippen molar-refractivity contribution in [2.75, 3.05) is 6.54 Å². The summed E-state index contributed by atoms with van der Waals surface area (Å²) in [5.74, 6) is 0. The molecule has 0 aliphatic carbocycles. The molecule has 0 aromatic heterocycles. The number of nitrogens with one attached hydrogen (secondary N) is 1. The van der Waals surface area contributed by atoms with Crippen LogP contribution in [0.25, 0.3) is 0 Å². The lowest BCUT2D eigenvalue weighted by Gasteiger charge is -2.20. The van der Waals surface area contributed by atoms with E-state index in [1.807, 2.05) is 0 Å². The van der Waals surface area contributed by atoms with Gasteiger partial charge in [0.25, 0.3) is 0 Å². The van der Waals surface area contributed by atoms with E-state index in [4.69, 9.17) is 0 Å². The van der Waals surface area contributed by atoms with E-state index >= 15 is 0 Å². The zero-order valence-corrected chi connectivity index (χ0v) is 12.8. The lowest BCUT2D eigenvalue weighted by atomic mass is 9.93. The van der Waals surface area contributed by atoms with Crippen molar-refractivity contribution in [2.24, 2.45) is 0 Å². The molecule has 0 bridgehead atoms. The van der Waals surface area contributed by atoms with Crippen molar-refractivity contribution < 1.29 is 0 Å². The van der Waals surface area contributed by atoms with E-state index in [-0.39, 0.29) is 0 Å². The van der Waals surface area contributed by atoms with E-state index in [0.717, 1.165) is 19.4 Å². The van der Waals surface area contributed by atoms with Gasteiger partial charge in [0.2, 0.25) is 0 Å². The normalized spacial score (nSPS) is 12.3. The average molecular weight is 267 g/mol. The van der Waals surface area contributed by atoms with Gasteiger partial charge in [-0.25, -0.2) is 0 Å². The molecule has 0 saturated heterocycles. The summed E-state index contributed by atoms with van der Waals surface area (Å²) in [6.07, 6.45) is 2.18. The Labute approximate surface area is 123 Å². The van der Waals surface area contributed by atoms with E-state index < -0.39 is 0 Å². The molecule has 2 rings (SSSR count). The van der Waals surface area contributed by atoms with Gasteiger partial charge in [-0.1, -0.05) is 55.5 Å². The number of likely N-dealkylation sites (N-methyl/N-ethyl adjacent to an activating group) is 1. The molecule has 0 heterocycles. The highest BCUT2D eigenvalue weighted by Gasteiger charge is 2.12. The molecule has 0 fully saturated rings. The summed E-state index contributed by atoms with van der Waals surface area (Å²) < 4.78 is 0. The Balaban J connectivity index is 2.13. The molecule has 0 amide bonds. The molecule has 1 heteroatoms. The summed E-state index contributed by atoms with van der Waals surface area (Å²) in [4.78, 5) is 0. The third-order valence-electron chi connectivity index (χ3n) is 3.91. The van der Waals surface area contributed by atoms with Crippen LogP contribution in [0.3, 0.4) is 0 Å². The second kappa shape index (κ2) is 7.25. The third-order valence-corrected chi connectivity index (χ3v) is 3.91. The fourth-order valence-electron chi connectivity index (χ4n) is 2.82. The minimum Gasteiger partial charge on any atom is -0.314 e. The van der Waals surface area contributed by atoms with Gasteiger partial charge in [-0.05, 0) is 55.5 Å². The minimum atomic E-state index is 0.502. The Morgan fingerprint density at radius 3 is 2.10 bits per heavy atom. The molecule has 106 valence electrons. The van der Waals surface area contributed by atoms with Gasteiger partial charge in [-0.15, -0.1) is 0 Å². The predicted molar refractivity (Wildman–Crippen MR) is 87.2 cm³/mol. The fourth-order valence-corrected chi connectivity index (χ4v) is 2.82. The molecule has 2 aromatic carbocycles. The molecule has 0 radical (unpaired) electrons. The quantitative estimate of drug-likeness (QED) is 0.832. The molecular weight excluding hydrogens is 242 g/mol. The molecule has 1 N–H and O–H groups in total. The smallest absolute Gasteiger partial charge is 0.0148 e. The number of hydrogen-bond acceptors (Lipinski definition) is 1. The first-order chi connectivity index (χ1) is 9.70. The van der Waals surface area contributed by atoms with Crippen molar-refractivity contribution in [3.63, 3.8) is 0 Å². The van der Waals surface area contributed by atoms with Crippen LogP contribution in [0.5, 0.6) is 0 Å². The van der Waals surface area contributed by atoms with E-state index in [1.54, 1.807) is 0 Å². The summed E-state index contributed by atoms with van der Waals surface area (Å²) >= 11 is 0. The van der Waals surface area contributed by atoms with E-state index in [2.05, 4.69) is 74.6 Å². The van der Waals surface area contributed by atoms with E-state index in [1.165, 1.54) is 22.3 Å². The second-order valence-corrected chi connectivity index (χ2v) is 5.52. The zero-order valence-electron chi connectivity index (χ0n) is 12.8. The van der Waals surface area contributed by atoms with Gasteiger partial charge in [0.1, 0.15) is 0 Å². The molecule has 1 nitrogen and oxygen atoms in total. The molecule has 0 saturated carbocycles. The molecule has 1 unspecified atom stereocenters. The van der Waals surface area contributed by atoms with Gasteiger partial charge in [-0.2, -0.15) is 0 Å². The standard InChI is InChI=1S/C19H25N/c1-4-20-18(13-17-11-6-5-7-12-17)14-19-15(2)9-8-10-16(19)3/h5-12,18,20H,4,13-14H2,1-3H3. The lowest BCUT2D eigenvalue weighted by molar-refractivity contribution is 0.519. The van der Waals surface area contributed by atoms with Crippen molar-refractivity contribution in [3.05, 3.63) is 70.8 Å². The molecular formula is C19H25N. The Morgan fingerprint density at radius 1 is 0.850 bits per heavy atom.